The molecule has 1 rings (SSSR count). The maximum Gasteiger partial charge on any atom is 0.631 e. The Morgan fingerprint density at radius 3 is 1.62 bits per heavy atom. The average molecular weight is 298 g/mol. The molecule has 0 aliphatic heterocycles. The SMILES string of the molecule is CC(C)c1ccc(OC(C)(C)C(C)(C)O)cc1.OB(O)O. The molecule has 0 spiro atoms. The zero-order valence-electron chi connectivity index (χ0n) is 13.7. The lowest BCUT2D eigenvalue weighted by atomic mass is 9.89. The molecule has 0 aliphatic rings. The Morgan fingerprint density at radius 2 is 1.33 bits per heavy atom. The smallest absolute Gasteiger partial charge is 0.485 e. The normalized spacial score (nSPS) is 11.8. The van der Waals surface area contributed by atoms with Gasteiger partial charge in [-0.25, -0.2) is 0 Å². The van der Waals surface area contributed by atoms with Crippen molar-refractivity contribution in [2.45, 2.75) is 58.7 Å². The largest absolute Gasteiger partial charge is 0.631 e. The fourth-order valence-corrected chi connectivity index (χ4v) is 1.34. The van der Waals surface area contributed by atoms with E-state index in [1.165, 1.54) is 5.56 Å². The molecular weight excluding hydrogens is 271 g/mol. The van der Waals surface area contributed by atoms with Gasteiger partial charge in [-0.1, -0.05) is 26.0 Å². The predicted molar refractivity (Wildman–Crippen MR) is 83.9 cm³/mol. The van der Waals surface area contributed by atoms with E-state index >= 15 is 0 Å². The first kappa shape index (κ1) is 19.9. The molecule has 120 valence electrons. The van der Waals surface area contributed by atoms with Crippen molar-refractivity contribution in [2.24, 2.45) is 0 Å². The molecule has 0 amide bonds. The summed E-state index contributed by atoms with van der Waals surface area (Å²) in [7, 11) is -2.17. The van der Waals surface area contributed by atoms with Crippen LogP contribution in [0.15, 0.2) is 24.3 Å². The molecule has 0 radical (unpaired) electrons. The average Bonchev–Trinajstić information content (AvgIpc) is 2.26. The summed E-state index contributed by atoms with van der Waals surface area (Å²) < 4.78 is 5.85. The maximum atomic E-state index is 10.0. The molecule has 0 fully saturated rings. The molecule has 0 aromatic heterocycles. The Balaban J connectivity index is 0.000000885. The van der Waals surface area contributed by atoms with Crippen molar-refractivity contribution in [1.82, 2.24) is 0 Å². The molecule has 4 N–H and O–H groups in total. The van der Waals surface area contributed by atoms with E-state index in [2.05, 4.69) is 26.0 Å². The molecule has 0 unspecified atom stereocenters. The summed E-state index contributed by atoms with van der Waals surface area (Å²) in [6.07, 6.45) is 0. The van der Waals surface area contributed by atoms with Crippen LogP contribution in [0.5, 0.6) is 5.75 Å². The topological polar surface area (TPSA) is 90.2 Å². The highest BCUT2D eigenvalue weighted by Gasteiger charge is 2.37. The van der Waals surface area contributed by atoms with Crippen LogP contribution >= 0.6 is 0 Å². The van der Waals surface area contributed by atoms with Crippen molar-refractivity contribution < 1.29 is 24.9 Å². The second-order valence-corrected chi connectivity index (χ2v) is 6.24. The van der Waals surface area contributed by atoms with E-state index in [9.17, 15) is 5.11 Å². The van der Waals surface area contributed by atoms with Gasteiger partial charge in [-0.15, -0.1) is 0 Å². The van der Waals surface area contributed by atoms with Gasteiger partial charge < -0.3 is 24.9 Å². The van der Waals surface area contributed by atoms with Crippen LogP contribution in [-0.4, -0.2) is 38.7 Å². The fraction of sp³-hybridized carbons (Fsp3) is 0.600. The van der Waals surface area contributed by atoms with Crippen LogP contribution in [-0.2, 0) is 0 Å². The molecule has 6 heteroatoms. The van der Waals surface area contributed by atoms with Crippen molar-refractivity contribution in [3.63, 3.8) is 0 Å². The van der Waals surface area contributed by atoms with Crippen LogP contribution in [0.25, 0.3) is 0 Å². The van der Waals surface area contributed by atoms with Gasteiger partial charge in [-0.3, -0.25) is 0 Å². The highest BCUT2D eigenvalue weighted by atomic mass is 16.5. The number of hydrogen-bond donors (Lipinski definition) is 4. The molecule has 0 atom stereocenters. The number of hydrogen-bond acceptors (Lipinski definition) is 5. The van der Waals surface area contributed by atoms with Crippen molar-refractivity contribution in [1.29, 1.82) is 0 Å². The van der Waals surface area contributed by atoms with Crippen molar-refractivity contribution in [3.8, 4) is 5.75 Å². The van der Waals surface area contributed by atoms with E-state index in [0.29, 0.717) is 5.92 Å². The van der Waals surface area contributed by atoms with E-state index in [0.717, 1.165) is 5.75 Å². The Kier molecular flexibility index (Phi) is 7.40. The van der Waals surface area contributed by atoms with Crippen LogP contribution in [0.2, 0.25) is 0 Å². The second kappa shape index (κ2) is 7.80. The van der Waals surface area contributed by atoms with E-state index in [-0.39, 0.29) is 0 Å². The minimum atomic E-state index is -2.17. The third kappa shape index (κ3) is 7.48. The van der Waals surface area contributed by atoms with Gasteiger partial charge in [0.05, 0.1) is 5.60 Å². The quantitative estimate of drug-likeness (QED) is 0.635. The standard InChI is InChI=1S/C15H24O2.BH3O3/c1-11(2)12-7-9-13(10-8-12)17-15(5,6)14(3,4)16;2-1(3)4/h7-11,16H,1-6H3;2-4H. The molecule has 21 heavy (non-hydrogen) atoms. The molecule has 1 aromatic rings. The predicted octanol–water partition coefficient (Wildman–Crippen LogP) is 1.69. The van der Waals surface area contributed by atoms with Gasteiger partial charge >= 0.3 is 7.32 Å². The van der Waals surface area contributed by atoms with Crippen molar-refractivity contribution in [3.05, 3.63) is 29.8 Å². The Labute approximate surface area is 127 Å². The van der Waals surface area contributed by atoms with Crippen molar-refractivity contribution >= 4 is 7.32 Å². The highest BCUT2D eigenvalue weighted by Crippen LogP contribution is 2.28. The van der Waals surface area contributed by atoms with Crippen LogP contribution in [0.1, 0.15) is 53.0 Å². The Morgan fingerprint density at radius 1 is 0.952 bits per heavy atom. The summed E-state index contributed by atoms with van der Waals surface area (Å²) in [5.41, 5.74) is -0.214. The third-order valence-corrected chi connectivity index (χ3v) is 3.39. The zero-order valence-corrected chi connectivity index (χ0v) is 13.7. The first-order chi connectivity index (χ1) is 9.36. The van der Waals surface area contributed by atoms with E-state index in [1.54, 1.807) is 13.8 Å². The van der Waals surface area contributed by atoms with Gasteiger partial charge in [0.2, 0.25) is 0 Å². The zero-order chi connectivity index (χ0) is 16.8. The van der Waals surface area contributed by atoms with Crippen LogP contribution in [0, 0.1) is 0 Å². The van der Waals surface area contributed by atoms with Gasteiger partial charge in [0.15, 0.2) is 0 Å². The Bertz CT molecular complexity index is 404. The minimum absolute atomic E-state index is 0.520. The van der Waals surface area contributed by atoms with Crippen LogP contribution in [0.3, 0.4) is 0 Å². The van der Waals surface area contributed by atoms with Gasteiger partial charge in [-0.2, -0.15) is 0 Å². The summed E-state index contributed by atoms with van der Waals surface area (Å²) >= 11 is 0. The molecule has 0 saturated heterocycles. The summed E-state index contributed by atoms with van der Waals surface area (Å²) in [5, 5.41) is 31.5. The first-order valence-electron chi connectivity index (χ1n) is 6.92. The summed E-state index contributed by atoms with van der Waals surface area (Å²) in [5.74, 6) is 1.31. The van der Waals surface area contributed by atoms with Gasteiger partial charge in [0.25, 0.3) is 0 Å². The summed E-state index contributed by atoms with van der Waals surface area (Å²) in [6, 6.07) is 8.06. The number of aliphatic hydroxyl groups is 1. The molecule has 1 aromatic carbocycles. The molecule has 0 heterocycles. The van der Waals surface area contributed by atoms with Gasteiger partial charge in [-0.05, 0) is 51.3 Å². The van der Waals surface area contributed by atoms with Gasteiger partial charge in [0, 0.05) is 0 Å². The number of rotatable bonds is 4. The highest BCUT2D eigenvalue weighted by molar-refractivity contribution is 6.30. The van der Waals surface area contributed by atoms with E-state index < -0.39 is 18.5 Å². The first-order valence-corrected chi connectivity index (χ1v) is 6.92. The lowest BCUT2D eigenvalue weighted by Crippen LogP contribution is -2.49. The maximum absolute atomic E-state index is 10.0. The van der Waals surface area contributed by atoms with Crippen LogP contribution in [0.4, 0.5) is 0 Å². The minimum Gasteiger partial charge on any atom is -0.485 e. The summed E-state index contributed by atoms with van der Waals surface area (Å²) in [4.78, 5) is 0. The van der Waals surface area contributed by atoms with Gasteiger partial charge in [0.1, 0.15) is 11.4 Å². The monoisotopic (exact) mass is 298 g/mol. The van der Waals surface area contributed by atoms with E-state index in [4.69, 9.17) is 19.8 Å². The molecule has 0 bridgehead atoms. The molecule has 0 saturated carbocycles. The third-order valence-electron chi connectivity index (χ3n) is 3.39. The number of benzene rings is 1. The fourth-order valence-electron chi connectivity index (χ4n) is 1.34. The lowest BCUT2D eigenvalue weighted by Gasteiger charge is -2.37. The molecule has 0 aliphatic carbocycles. The van der Waals surface area contributed by atoms with E-state index in [1.807, 2.05) is 26.0 Å². The van der Waals surface area contributed by atoms with Crippen LogP contribution < -0.4 is 4.74 Å². The number of ether oxygens (including phenoxy) is 1. The second-order valence-electron chi connectivity index (χ2n) is 6.24. The lowest BCUT2D eigenvalue weighted by molar-refractivity contribution is -0.0906. The Hall–Kier alpha value is -1.08. The van der Waals surface area contributed by atoms with Crippen molar-refractivity contribution in [2.75, 3.05) is 0 Å². The molecule has 5 nitrogen and oxygen atoms in total. The molecular formula is C15H27BO5. The summed E-state index contributed by atoms with van der Waals surface area (Å²) in [6.45, 7) is 11.6.